The van der Waals surface area contributed by atoms with Crippen LogP contribution in [0.5, 0.6) is 5.75 Å². The molecule has 0 bridgehead atoms. The predicted octanol–water partition coefficient (Wildman–Crippen LogP) is 4.38. The van der Waals surface area contributed by atoms with Crippen molar-refractivity contribution in [1.29, 1.82) is 0 Å². The van der Waals surface area contributed by atoms with Crippen LogP contribution in [0, 0.1) is 0 Å². The fourth-order valence-corrected chi connectivity index (χ4v) is 5.31. The Balaban J connectivity index is 1.38. The van der Waals surface area contributed by atoms with Gasteiger partial charge in [0.15, 0.2) is 0 Å². The highest BCUT2D eigenvalue weighted by atomic mass is 32.1. The molecule has 4 rings (SSSR count). The fourth-order valence-electron chi connectivity index (χ4n) is 3.68. The molecule has 0 radical (unpaired) electrons. The average molecular weight is 428 g/mol. The lowest BCUT2D eigenvalue weighted by Crippen LogP contribution is -2.37. The van der Waals surface area contributed by atoms with E-state index in [9.17, 15) is 4.79 Å². The van der Waals surface area contributed by atoms with E-state index in [1.807, 2.05) is 29.0 Å². The minimum absolute atomic E-state index is 0.0192. The lowest BCUT2D eigenvalue weighted by Gasteiger charge is -2.28. The zero-order chi connectivity index (χ0) is 20.1. The van der Waals surface area contributed by atoms with E-state index in [4.69, 9.17) is 4.74 Å². The van der Waals surface area contributed by atoms with E-state index in [-0.39, 0.29) is 11.9 Å². The molecule has 3 heterocycles. The van der Waals surface area contributed by atoms with Crippen molar-refractivity contribution in [2.24, 2.45) is 0 Å². The van der Waals surface area contributed by atoms with Crippen LogP contribution in [-0.4, -0.2) is 42.5 Å². The highest BCUT2D eigenvalue weighted by Gasteiger charge is 2.24. The van der Waals surface area contributed by atoms with Gasteiger partial charge in [0.1, 0.15) is 10.8 Å². The van der Waals surface area contributed by atoms with Gasteiger partial charge in [0.2, 0.25) is 5.91 Å². The predicted molar refractivity (Wildman–Crippen MR) is 119 cm³/mol. The third kappa shape index (κ3) is 5.04. The van der Waals surface area contributed by atoms with Crippen molar-refractivity contribution >= 4 is 28.6 Å². The number of nitrogens with zero attached hydrogens (tertiary/aromatic N) is 2. The molecular weight excluding hydrogens is 402 g/mol. The standard InChI is InChI=1S/C22H25N3O2S2/c1-27-18-8-6-16(7-9-18)19(25-10-2-3-11-25)14-23-21(26)13-17-15-29-22(24-17)20-5-4-12-28-20/h4-9,12,15,19H,2-3,10-11,13-14H2,1H3,(H,23,26). The highest BCUT2D eigenvalue weighted by Crippen LogP contribution is 2.28. The number of thiophene rings is 1. The summed E-state index contributed by atoms with van der Waals surface area (Å²) in [5.41, 5.74) is 2.04. The van der Waals surface area contributed by atoms with Crippen LogP contribution in [0.25, 0.3) is 9.88 Å². The summed E-state index contributed by atoms with van der Waals surface area (Å²) in [6.07, 6.45) is 2.74. The van der Waals surface area contributed by atoms with Gasteiger partial charge in [-0.1, -0.05) is 18.2 Å². The molecule has 0 aliphatic carbocycles. The second-order valence-electron chi connectivity index (χ2n) is 7.13. The Morgan fingerprint density at radius 3 is 2.69 bits per heavy atom. The number of benzene rings is 1. The molecule has 1 amide bonds. The van der Waals surface area contributed by atoms with E-state index in [1.54, 1.807) is 29.8 Å². The Kier molecular flexibility index (Phi) is 6.59. The van der Waals surface area contributed by atoms with E-state index in [0.29, 0.717) is 13.0 Å². The molecule has 1 aliphatic heterocycles. The molecule has 3 aromatic rings. The normalized spacial score (nSPS) is 15.3. The average Bonchev–Trinajstić information content (AvgIpc) is 3.51. The number of hydrogen-bond donors (Lipinski definition) is 1. The molecule has 7 heteroatoms. The number of nitrogens with one attached hydrogen (secondary N) is 1. The van der Waals surface area contributed by atoms with Crippen molar-refractivity contribution in [1.82, 2.24) is 15.2 Å². The number of ether oxygens (including phenoxy) is 1. The molecule has 1 unspecified atom stereocenters. The number of amides is 1. The molecule has 1 N–H and O–H groups in total. The van der Waals surface area contributed by atoms with Crippen LogP contribution in [0.4, 0.5) is 0 Å². The van der Waals surface area contributed by atoms with Crippen molar-refractivity contribution in [2.75, 3.05) is 26.7 Å². The summed E-state index contributed by atoms with van der Waals surface area (Å²) in [7, 11) is 1.68. The van der Waals surface area contributed by atoms with Crippen LogP contribution >= 0.6 is 22.7 Å². The molecule has 0 saturated carbocycles. The van der Waals surface area contributed by atoms with Crippen LogP contribution in [0.15, 0.2) is 47.2 Å². The van der Waals surface area contributed by atoms with Gasteiger partial charge < -0.3 is 10.1 Å². The van der Waals surface area contributed by atoms with Gasteiger partial charge in [0, 0.05) is 11.9 Å². The first kappa shape index (κ1) is 20.1. The molecule has 1 atom stereocenters. The van der Waals surface area contributed by atoms with E-state index >= 15 is 0 Å². The second kappa shape index (κ2) is 9.52. The van der Waals surface area contributed by atoms with Crippen LogP contribution in [0.2, 0.25) is 0 Å². The maximum absolute atomic E-state index is 12.6. The third-order valence-corrected chi connectivity index (χ3v) is 7.13. The molecule has 0 spiro atoms. The SMILES string of the molecule is COc1ccc(C(CNC(=O)Cc2csc(-c3cccs3)n2)N2CCCC2)cc1. The van der Waals surface area contributed by atoms with Crippen molar-refractivity contribution in [3.05, 3.63) is 58.4 Å². The largest absolute Gasteiger partial charge is 0.497 e. The van der Waals surface area contributed by atoms with Gasteiger partial charge in [0.25, 0.3) is 0 Å². The number of aromatic nitrogens is 1. The van der Waals surface area contributed by atoms with E-state index in [2.05, 4.69) is 33.4 Å². The smallest absolute Gasteiger partial charge is 0.226 e. The summed E-state index contributed by atoms with van der Waals surface area (Å²) >= 11 is 3.26. The molecule has 1 fully saturated rings. The van der Waals surface area contributed by atoms with Crippen LogP contribution in [0.1, 0.15) is 30.1 Å². The molecule has 29 heavy (non-hydrogen) atoms. The zero-order valence-corrected chi connectivity index (χ0v) is 18.1. The number of carbonyl (C=O) groups excluding carboxylic acids is 1. The summed E-state index contributed by atoms with van der Waals surface area (Å²) in [4.78, 5) is 20.8. The van der Waals surface area contributed by atoms with Gasteiger partial charge in [-0.25, -0.2) is 4.98 Å². The van der Waals surface area contributed by atoms with Crippen LogP contribution < -0.4 is 10.1 Å². The van der Waals surface area contributed by atoms with Gasteiger partial charge in [-0.3, -0.25) is 9.69 Å². The lowest BCUT2D eigenvalue weighted by atomic mass is 10.1. The molecule has 1 saturated heterocycles. The van der Waals surface area contributed by atoms with Gasteiger partial charge in [-0.2, -0.15) is 0 Å². The number of hydrogen-bond acceptors (Lipinski definition) is 6. The highest BCUT2D eigenvalue weighted by molar-refractivity contribution is 7.20. The van der Waals surface area contributed by atoms with Crippen molar-refractivity contribution in [2.45, 2.75) is 25.3 Å². The number of methoxy groups -OCH3 is 1. The topological polar surface area (TPSA) is 54.5 Å². The summed E-state index contributed by atoms with van der Waals surface area (Å²) in [6.45, 7) is 2.75. The monoisotopic (exact) mass is 427 g/mol. The van der Waals surface area contributed by atoms with E-state index < -0.39 is 0 Å². The number of likely N-dealkylation sites (tertiary alicyclic amines) is 1. The number of rotatable bonds is 8. The maximum Gasteiger partial charge on any atom is 0.226 e. The van der Waals surface area contributed by atoms with Gasteiger partial charge in [-0.15, -0.1) is 22.7 Å². The number of thiazole rings is 1. The molecular formula is C22H25N3O2S2. The van der Waals surface area contributed by atoms with Crippen LogP contribution in [-0.2, 0) is 11.2 Å². The molecule has 2 aromatic heterocycles. The van der Waals surface area contributed by atoms with Gasteiger partial charge >= 0.3 is 0 Å². The summed E-state index contributed by atoms with van der Waals surface area (Å²) in [6, 6.07) is 12.4. The Morgan fingerprint density at radius 1 is 1.21 bits per heavy atom. The van der Waals surface area contributed by atoms with Gasteiger partial charge in [0.05, 0.1) is 30.1 Å². The Hall–Kier alpha value is -2.22. The zero-order valence-electron chi connectivity index (χ0n) is 16.5. The maximum atomic E-state index is 12.6. The van der Waals surface area contributed by atoms with Crippen molar-refractivity contribution in [3.63, 3.8) is 0 Å². The van der Waals surface area contributed by atoms with E-state index in [0.717, 1.165) is 34.4 Å². The summed E-state index contributed by atoms with van der Waals surface area (Å²) in [5, 5.41) is 8.14. The fraction of sp³-hybridized carbons (Fsp3) is 0.364. The van der Waals surface area contributed by atoms with Crippen LogP contribution in [0.3, 0.4) is 0 Å². The Morgan fingerprint density at radius 2 is 2.00 bits per heavy atom. The Bertz CT molecular complexity index is 916. The summed E-state index contributed by atoms with van der Waals surface area (Å²) in [5.74, 6) is 0.869. The minimum Gasteiger partial charge on any atom is -0.497 e. The summed E-state index contributed by atoms with van der Waals surface area (Å²) < 4.78 is 5.28. The quantitative estimate of drug-likeness (QED) is 0.580. The van der Waals surface area contributed by atoms with E-state index in [1.165, 1.54) is 18.4 Å². The molecule has 152 valence electrons. The first-order valence-corrected chi connectivity index (χ1v) is 11.6. The molecule has 1 aliphatic rings. The Labute approximate surface area is 179 Å². The van der Waals surface area contributed by atoms with Crippen molar-refractivity contribution in [3.8, 4) is 15.6 Å². The second-order valence-corrected chi connectivity index (χ2v) is 8.94. The first-order chi connectivity index (χ1) is 14.2. The molecule has 1 aromatic carbocycles. The lowest BCUT2D eigenvalue weighted by molar-refractivity contribution is -0.120. The van der Waals surface area contributed by atoms with Gasteiger partial charge in [-0.05, 0) is 55.1 Å². The number of carbonyl (C=O) groups is 1. The third-order valence-electron chi connectivity index (χ3n) is 5.20. The molecule has 5 nitrogen and oxygen atoms in total. The van der Waals surface area contributed by atoms with Crippen molar-refractivity contribution < 1.29 is 9.53 Å². The minimum atomic E-state index is 0.0192. The first-order valence-electron chi connectivity index (χ1n) is 9.86.